The number of carbonyl (C=O) groups is 1. The average Bonchev–Trinajstić information content (AvgIpc) is 2.80. The molecule has 1 aromatic heterocycles. The van der Waals surface area contributed by atoms with E-state index in [-0.39, 0.29) is 18.1 Å². The molecule has 2 aromatic carbocycles. The molecule has 0 bridgehead atoms. The third kappa shape index (κ3) is 3.64. The monoisotopic (exact) mass is 338 g/mol. The first-order valence-corrected chi connectivity index (χ1v) is 8.13. The van der Waals surface area contributed by atoms with Gasteiger partial charge in [0.2, 0.25) is 5.91 Å². The number of amides is 1. The van der Waals surface area contributed by atoms with E-state index in [9.17, 15) is 9.59 Å². The molecule has 0 spiro atoms. The van der Waals surface area contributed by atoms with Gasteiger partial charge in [-0.15, -0.1) is 0 Å². The maximum atomic E-state index is 12.4. The molecule has 1 heterocycles. The number of para-hydroxylation sites is 2. The third-order valence-corrected chi connectivity index (χ3v) is 4.06. The van der Waals surface area contributed by atoms with Crippen LogP contribution in [0.3, 0.4) is 0 Å². The van der Waals surface area contributed by atoms with Gasteiger partial charge in [0.25, 0.3) is 0 Å². The van der Waals surface area contributed by atoms with Crippen LogP contribution >= 0.6 is 0 Å². The van der Waals surface area contributed by atoms with Gasteiger partial charge in [-0.25, -0.2) is 4.79 Å². The highest BCUT2D eigenvalue weighted by atomic mass is 16.2. The summed E-state index contributed by atoms with van der Waals surface area (Å²) in [6.45, 7) is 0.782. The van der Waals surface area contributed by atoms with Gasteiger partial charge in [-0.2, -0.15) is 0 Å². The predicted molar refractivity (Wildman–Crippen MR) is 99.6 cm³/mol. The van der Waals surface area contributed by atoms with Crippen LogP contribution in [0.15, 0.2) is 53.3 Å². The second kappa shape index (κ2) is 6.94. The van der Waals surface area contributed by atoms with Gasteiger partial charge < -0.3 is 10.2 Å². The minimum Gasteiger partial charge on any atom is -0.325 e. The van der Waals surface area contributed by atoms with Crippen molar-refractivity contribution in [1.82, 2.24) is 14.0 Å². The lowest BCUT2D eigenvalue weighted by atomic mass is 10.2. The normalized spacial score (nSPS) is 11.2. The first kappa shape index (κ1) is 17.0. The molecule has 0 aliphatic rings. The number of anilines is 1. The van der Waals surface area contributed by atoms with Crippen molar-refractivity contribution >= 4 is 22.6 Å². The van der Waals surface area contributed by atoms with Crippen molar-refractivity contribution in [3.05, 3.63) is 64.6 Å². The Balaban J connectivity index is 1.80. The quantitative estimate of drug-likeness (QED) is 0.774. The zero-order valence-electron chi connectivity index (χ0n) is 14.7. The lowest BCUT2D eigenvalue weighted by Gasteiger charge is -2.11. The third-order valence-electron chi connectivity index (χ3n) is 4.06. The molecule has 0 radical (unpaired) electrons. The number of imidazole rings is 1. The van der Waals surface area contributed by atoms with E-state index in [0.29, 0.717) is 0 Å². The van der Waals surface area contributed by atoms with E-state index in [1.807, 2.05) is 62.6 Å². The molecular formula is C19H22N4O2. The summed E-state index contributed by atoms with van der Waals surface area (Å²) in [5.41, 5.74) is 3.22. The topological polar surface area (TPSA) is 59.3 Å². The zero-order chi connectivity index (χ0) is 18.0. The van der Waals surface area contributed by atoms with E-state index in [2.05, 4.69) is 10.2 Å². The maximum Gasteiger partial charge on any atom is 0.329 e. The van der Waals surface area contributed by atoms with Crippen LogP contribution in [0.25, 0.3) is 11.0 Å². The summed E-state index contributed by atoms with van der Waals surface area (Å²) in [5, 5.41) is 2.88. The highest BCUT2D eigenvalue weighted by molar-refractivity contribution is 5.91. The second-order valence-electron chi connectivity index (χ2n) is 6.40. The number of aryl methyl sites for hydroxylation is 1. The summed E-state index contributed by atoms with van der Waals surface area (Å²) < 4.78 is 3.05. The minimum atomic E-state index is -0.222. The van der Waals surface area contributed by atoms with Crippen LogP contribution in [0.2, 0.25) is 0 Å². The molecule has 1 amide bonds. The van der Waals surface area contributed by atoms with Crippen LogP contribution < -0.4 is 11.0 Å². The average molecular weight is 338 g/mol. The van der Waals surface area contributed by atoms with Crippen LogP contribution in [0.1, 0.15) is 5.56 Å². The molecule has 0 aliphatic carbocycles. The fourth-order valence-electron chi connectivity index (χ4n) is 2.97. The number of hydrogen-bond donors (Lipinski definition) is 1. The molecule has 1 N–H and O–H groups in total. The first-order chi connectivity index (χ1) is 12.0. The molecule has 130 valence electrons. The summed E-state index contributed by atoms with van der Waals surface area (Å²) in [6.07, 6.45) is 0. The summed E-state index contributed by atoms with van der Waals surface area (Å²) in [4.78, 5) is 26.9. The molecule has 0 saturated heterocycles. The van der Waals surface area contributed by atoms with Crippen molar-refractivity contribution in [3.63, 3.8) is 0 Å². The summed E-state index contributed by atoms with van der Waals surface area (Å²) in [5.74, 6) is -0.222. The zero-order valence-corrected chi connectivity index (χ0v) is 14.7. The highest BCUT2D eigenvalue weighted by Gasteiger charge is 2.13. The van der Waals surface area contributed by atoms with E-state index in [0.717, 1.165) is 28.8 Å². The van der Waals surface area contributed by atoms with Crippen molar-refractivity contribution in [1.29, 1.82) is 0 Å². The van der Waals surface area contributed by atoms with Crippen LogP contribution in [0.4, 0.5) is 5.69 Å². The molecule has 25 heavy (non-hydrogen) atoms. The Bertz CT molecular complexity index is 969. The van der Waals surface area contributed by atoms with E-state index in [4.69, 9.17) is 0 Å². The number of fused-ring (bicyclic) bond motifs is 1. The first-order valence-electron chi connectivity index (χ1n) is 8.13. The number of rotatable bonds is 5. The van der Waals surface area contributed by atoms with Gasteiger partial charge in [0.05, 0.1) is 11.0 Å². The Morgan fingerprint density at radius 2 is 1.80 bits per heavy atom. The van der Waals surface area contributed by atoms with Gasteiger partial charge in [-0.3, -0.25) is 13.9 Å². The van der Waals surface area contributed by atoms with Crippen LogP contribution in [-0.2, 0) is 24.9 Å². The van der Waals surface area contributed by atoms with E-state index in [1.165, 1.54) is 4.57 Å². The van der Waals surface area contributed by atoms with Crippen LogP contribution in [0, 0.1) is 0 Å². The molecule has 0 saturated carbocycles. The fourth-order valence-corrected chi connectivity index (χ4v) is 2.97. The number of aromatic nitrogens is 2. The Hall–Kier alpha value is -2.86. The van der Waals surface area contributed by atoms with Crippen molar-refractivity contribution in [2.75, 3.05) is 19.4 Å². The molecule has 6 heteroatoms. The van der Waals surface area contributed by atoms with Crippen molar-refractivity contribution in [2.24, 2.45) is 7.05 Å². The summed E-state index contributed by atoms with van der Waals surface area (Å²) in [7, 11) is 5.71. The lowest BCUT2D eigenvalue weighted by Crippen LogP contribution is -2.28. The largest absolute Gasteiger partial charge is 0.329 e. The van der Waals surface area contributed by atoms with Gasteiger partial charge in [0.1, 0.15) is 6.54 Å². The van der Waals surface area contributed by atoms with E-state index >= 15 is 0 Å². The van der Waals surface area contributed by atoms with Gasteiger partial charge in [-0.05, 0) is 43.9 Å². The molecular weight excluding hydrogens is 316 g/mol. The molecule has 0 atom stereocenters. The number of nitrogens with zero attached hydrogens (tertiary/aromatic N) is 3. The Morgan fingerprint density at radius 1 is 1.08 bits per heavy atom. The van der Waals surface area contributed by atoms with Gasteiger partial charge in [0.15, 0.2) is 0 Å². The number of benzene rings is 2. The standard InChI is InChI=1S/C19H22N4O2/c1-21(2)12-14-7-6-8-15(11-14)20-18(24)13-23-17-10-5-4-9-16(17)22(3)19(23)25/h4-11H,12-13H2,1-3H3,(H,20,24). The number of nitrogens with one attached hydrogen (secondary N) is 1. The minimum absolute atomic E-state index is 0.0158. The van der Waals surface area contributed by atoms with Gasteiger partial charge in [-0.1, -0.05) is 24.3 Å². The van der Waals surface area contributed by atoms with Crippen molar-refractivity contribution in [2.45, 2.75) is 13.1 Å². The highest BCUT2D eigenvalue weighted by Crippen LogP contribution is 2.14. The predicted octanol–water partition coefficient (Wildman–Crippen LogP) is 2.04. The van der Waals surface area contributed by atoms with Crippen LogP contribution in [-0.4, -0.2) is 34.0 Å². The van der Waals surface area contributed by atoms with Crippen LogP contribution in [0.5, 0.6) is 0 Å². The van der Waals surface area contributed by atoms with Crippen molar-refractivity contribution < 1.29 is 4.79 Å². The van der Waals surface area contributed by atoms with Gasteiger partial charge >= 0.3 is 5.69 Å². The molecule has 3 rings (SSSR count). The fraction of sp³-hybridized carbons (Fsp3) is 0.263. The Morgan fingerprint density at radius 3 is 2.52 bits per heavy atom. The SMILES string of the molecule is CN(C)Cc1cccc(NC(=O)Cn2c(=O)n(C)c3ccccc32)c1. The summed E-state index contributed by atoms with van der Waals surface area (Å²) >= 11 is 0. The number of carbonyl (C=O) groups excluding carboxylic acids is 1. The second-order valence-corrected chi connectivity index (χ2v) is 6.40. The Labute approximate surface area is 146 Å². The van der Waals surface area contributed by atoms with E-state index in [1.54, 1.807) is 11.6 Å². The molecule has 0 fully saturated rings. The molecule has 3 aromatic rings. The van der Waals surface area contributed by atoms with Gasteiger partial charge in [0, 0.05) is 19.3 Å². The molecule has 0 aliphatic heterocycles. The molecule has 0 unspecified atom stereocenters. The van der Waals surface area contributed by atoms with E-state index < -0.39 is 0 Å². The Kier molecular flexibility index (Phi) is 4.72. The maximum absolute atomic E-state index is 12.4. The molecule has 6 nitrogen and oxygen atoms in total. The van der Waals surface area contributed by atoms with Crippen molar-refractivity contribution in [3.8, 4) is 0 Å². The smallest absolute Gasteiger partial charge is 0.325 e. The summed E-state index contributed by atoms with van der Waals surface area (Å²) in [6, 6.07) is 15.2. The number of hydrogen-bond acceptors (Lipinski definition) is 3. The lowest BCUT2D eigenvalue weighted by molar-refractivity contribution is -0.116.